The lowest BCUT2D eigenvalue weighted by Gasteiger charge is -2.34. The van der Waals surface area contributed by atoms with E-state index in [4.69, 9.17) is 0 Å². The lowest BCUT2D eigenvalue weighted by atomic mass is 10.0. The van der Waals surface area contributed by atoms with Crippen molar-refractivity contribution in [1.82, 2.24) is 20.2 Å². The first-order chi connectivity index (χ1) is 10.1. The molecule has 2 aliphatic rings. The fourth-order valence-electron chi connectivity index (χ4n) is 2.80. The van der Waals surface area contributed by atoms with Crippen LogP contribution in [0.15, 0.2) is 6.33 Å². The second-order valence-corrected chi connectivity index (χ2v) is 6.49. The highest BCUT2D eigenvalue weighted by Gasteiger charge is 2.36. The molecule has 3 heterocycles. The van der Waals surface area contributed by atoms with E-state index in [0.717, 1.165) is 29.4 Å². The number of carbonyl (C=O) groups excluding carboxylic acids is 1. The fraction of sp³-hybridized carbons (Fsp3) is 0.615. The number of carboxylic acid groups (broad SMARTS) is 1. The van der Waals surface area contributed by atoms with Crippen molar-refractivity contribution in [1.29, 1.82) is 0 Å². The van der Waals surface area contributed by atoms with Crippen molar-refractivity contribution >= 4 is 23.6 Å². The Hall–Kier alpha value is -1.54. The maximum Gasteiger partial charge on any atom is 0.326 e. The van der Waals surface area contributed by atoms with Crippen LogP contribution in [0.3, 0.4) is 0 Å². The summed E-state index contributed by atoms with van der Waals surface area (Å²) in [7, 11) is 0. The Labute approximate surface area is 126 Å². The van der Waals surface area contributed by atoms with Gasteiger partial charge in [-0.1, -0.05) is 0 Å². The van der Waals surface area contributed by atoms with Gasteiger partial charge in [0, 0.05) is 36.9 Å². The predicted octanol–water partition coefficient (Wildman–Crippen LogP) is -0.157. The lowest BCUT2D eigenvalue weighted by molar-refractivity contribution is -0.151. The summed E-state index contributed by atoms with van der Waals surface area (Å²) in [5, 5.41) is 12.7. The SMILES string of the molecule is O=C(O)C1Cc2nc[nH]c2CN1C(=O)CC1CSCCN1. The summed E-state index contributed by atoms with van der Waals surface area (Å²) in [5.41, 5.74) is 1.59. The third-order valence-electron chi connectivity index (χ3n) is 3.92. The van der Waals surface area contributed by atoms with Gasteiger partial charge in [-0.2, -0.15) is 11.8 Å². The lowest BCUT2D eigenvalue weighted by Crippen LogP contribution is -2.51. The second-order valence-electron chi connectivity index (χ2n) is 5.34. The van der Waals surface area contributed by atoms with Crippen molar-refractivity contribution < 1.29 is 14.7 Å². The number of hydrogen-bond acceptors (Lipinski definition) is 5. The van der Waals surface area contributed by atoms with Gasteiger partial charge in [0.05, 0.1) is 24.3 Å². The maximum absolute atomic E-state index is 12.5. The van der Waals surface area contributed by atoms with E-state index in [2.05, 4.69) is 15.3 Å². The summed E-state index contributed by atoms with van der Waals surface area (Å²) in [6.45, 7) is 1.20. The van der Waals surface area contributed by atoms with Gasteiger partial charge < -0.3 is 20.3 Å². The molecule has 2 atom stereocenters. The third kappa shape index (κ3) is 3.06. The number of aromatic amines is 1. The molecule has 0 spiro atoms. The Balaban J connectivity index is 1.72. The zero-order valence-corrected chi connectivity index (χ0v) is 12.4. The third-order valence-corrected chi connectivity index (χ3v) is 5.05. The minimum Gasteiger partial charge on any atom is -0.480 e. The van der Waals surface area contributed by atoms with Crippen molar-refractivity contribution in [3.8, 4) is 0 Å². The summed E-state index contributed by atoms with van der Waals surface area (Å²) in [6.07, 6.45) is 2.17. The highest BCUT2D eigenvalue weighted by molar-refractivity contribution is 7.99. The number of rotatable bonds is 3. The molecule has 7 nitrogen and oxygen atoms in total. The highest BCUT2D eigenvalue weighted by atomic mass is 32.2. The number of nitrogens with zero attached hydrogens (tertiary/aromatic N) is 2. The summed E-state index contributed by atoms with van der Waals surface area (Å²) >= 11 is 1.82. The van der Waals surface area contributed by atoms with E-state index in [-0.39, 0.29) is 18.4 Å². The minimum atomic E-state index is -0.969. The molecule has 8 heteroatoms. The Morgan fingerprint density at radius 2 is 2.38 bits per heavy atom. The van der Waals surface area contributed by atoms with Crippen molar-refractivity contribution in [2.24, 2.45) is 0 Å². The van der Waals surface area contributed by atoms with E-state index in [9.17, 15) is 14.7 Å². The van der Waals surface area contributed by atoms with Crippen molar-refractivity contribution in [3.63, 3.8) is 0 Å². The molecular formula is C13H18N4O3S. The predicted molar refractivity (Wildman–Crippen MR) is 78.0 cm³/mol. The van der Waals surface area contributed by atoms with Crippen LogP contribution in [-0.4, -0.2) is 62.0 Å². The average Bonchev–Trinajstić information content (AvgIpc) is 2.94. The average molecular weight is 310 g/mol. The molecule has 21 heavy (non-hydrogen) atoms. The molecule has 1 fully saturated rings. The molecule has 0 radical (unpaired) electrons. The van der Waals surface area contributed by atoms with Gasteiger partial charge in [-0.3, -0.25) is 4.79 Å². The molecule has 0 bridgehead atoms. The van der Waals surface area contributed by atoms with E-state index in [1.54, 1.807) is 6.33 Å². The molecule has 1 amide bonds. The number of H-pyrrole nitrogens is 1. The molecule has 0 aliphatic carbocycles. The Kier molecular flexibility index (Phi) is 4.16. The number of carboxylic acids is 1. The topological polar surface area (TPSA) is 98.3 Å². The van der Waals surface area contributed by atoms with Crippen LogP contribution in [0.2, 0.25) is 0 Å². The van der Waals surface area contributed by atoms with Crippen LogP contribution in [0.5, 0.6) is 0 Å². The summed E-state index contributed by atoms with van der Waals surface area (Å²) < 4.78 is 0. The molecular weight excluding hydrogens is 292 g/mol. The molecule has 114 valence electrons. The zero-order valence-electron chi connectivity index (χ0n) is 11.5. The van der Waals surface area contributed by atoms with Gasteiger partial charge in [-0.15, -0.1) is 0 Å². The van der Waals surface area contributed by atoms with E-state index in [0.29, 0.717) is 13.0 Å². The molecule has 1 saturated heterocycles. The first-order valence-corrected chi connectivity index (χ1v) is 8.15. The van der Waals surface area contributed by atoms with E-state index in [1.807, 2.05) is 11.8 Å². The standard InChI is InChI=1S/C13H18N4O3S/c18-12(3-8-6-21-2-1-14-8)17-5-10-9(15-7-16-10)4-11(17)13(19)20/h7-8,11,14H,1-6H2,(H,15,16)(H,19,20). The number of fused-ring (bicyclic) bond motifs is 1. The number of aromatic nitrogens is 2. The normalized spacial score (nSPS) is 25.4. The van der Waals surface area contributed by atoms with Crippen LogP contribution in [0, 0.1) is 0 Å². The van der Waals surface area contributed by atoms with Crippen molar-refractivity contribution in [2.75, 3.05) is 18.1 Å². The minimum absolute atomic E-state index is 0.109. The van der Waals surface area contributed by atoms with Crippen molar-refractivity contribution in [3.05, 3.63) is 17.7 Å². The molecule has 3 rings (SSSR count). The molecule has 2 aliphatic heterocycles. The quantitative estimate of drug-likeness (QED) is 0.718. The summed E-state index contributed by atoms with van der Waals surface area (Å²) in [5.74, 6) is 0.877. The van der Waals surface area contributed by atoms with E-state index < -0.39 is 12.0 Å². The number of aliphatic carboxylic acids is 1. The van der Waals surface area contributed by atoms with Crippen LogP contribution in [0.25, 0.3) is 0 Å². The largest absolute Gasteiger partial charge is 0.480 e. The van der Waals surface area contributed by atoms with Crippen LogP contribution in [-0.2, 0) is 22.6 Å². The number of carbonyl (C=O) groups is 2. The van der Waals surface area contributed by atoms with Gasteiger partial charge in [-0.25, -0.2) is 9.78 Å². The summed E-state index contributed by atoms with van der Waals surface area (Å²) in [6, 6.07) is -0.682. The van der Waals surface area contributed by atoms with Gasteiger partial charge in [0.2, 0.25) is 5.91 Å². The number of amides is 1. The van der Waals surface area contributed by atoms with E-state index >= 15 is 0 Å². The molecule has 1 aromatic rings. The van der Waals surface area contributed by atoms with Crippen LogP contribution < -0.4 is 5.32 Å². The zero-order chi connectivity index (χ0) is 14.8. The van der Waals surface area contributed by atoms with E-state index in [1.165, 1.54) is 4.90 Å². The smallest absolute Gasteiger partial charge is 0.326 e. The van der Waals surface area contributed by atoms with Crippen LogP contribution in [0.4, 0.5) is 0 Å². The molecule has 1 aromatic heterocycles. The number of thioether (sulfide) groups is 1. The number of imidazole rings is 1. The Morgan fingerprint density at radius 1 is 1.52 bits per heavy atom. The fourth-order valence-corrected chi connectivity index (χ4v) is 3.75. The maximum atomic E-state index is 12.5. The highest BCUT2D eigenvalue weighted by Crippen LogP contribution is 2.22. The van der Waals surface area contributed by atoms with Crippen LogP contribution >= 0.6 is 11.8 Å². The Bertz CT molecular complexity index is 541. The van der Waals surface area contributed by atoms with Gasteiger partial charge in [-0.05, 0) is 0 Å². The monoisotopic (exact) mass is 310 g/mol. The van der Waals surface area contributed by atoms with Crippen molar-refractivity contribution in [2.45, 2.75) is 31.5 Å². The van der Waals surface area contributed by atoms with Gasteiger partial charge in [0.15, 0.2) is 0 Å². The molecule has 2 unspecified atom stereocenters. The van der Waals surface area contributed by atoms with Gasteiger partial charge >= 0.3 is 5.97 Å². The molecule has 0 aromatic carbocycles. The first-order valence-electron chi connectivity index (χ1n) is 6.99. The second kappa shape index (κ2) is 6.07. The molecule has 3 N–H and O–H groups in total. The molecule has 0 saturated carbocycles. The first kappa shape index (κ1) is 14.4. The Morgan fingerprint density at radius 3 is 3.10 bits per heavy atom. The van der Waals surface area contributed by atoms with Gasteiger partial charge in [0.1, 0.15) is 6.04 Å². The summed E-state index contributed by atoms with van der Waals surface area (Å²) in [4.78, 5) is 32.5. The number of nitrogens with one attached hydrogen (secondary N) is 2. The van der Waals surface area contributed by atoms with Crippen LogP contribution in [0.1, 0.15) is 17.8 Å². The number of hydrogen-bond donors (Lipinski definition) is 3. The van der Waals surface area contributed by atoms with Gasteiger partial charge in [0.25, 0.3) is 0 Å².